The van der Waals surface area contributed by atoms with E-state index in [0.717, 1.165) is 0 Å². The molecule has 0 bridgehead atoms. The molecule has 1 aromatic rings. The van der Waals surface area contributed by atoms with Crippen LogP contribution in [-0.4, -0.2) is 11.0 Å². The van der Waals surface area contributed by atoms with Gasteiger partial charge in [-0.2, -0.15) is 0 Å². The Balaban J connectivity index is 3.03. The summed E-state index contributed by atoms with van der Waals surface area (Å²) in [5, 5.41) is 0.0314. The fourth-order valence-corrected chi connectivity index (χ4v) is 2.46. The van der Waals surface area contributed by atoms with Gasteiger partial charge in [0.1, 0.15) is 5.78 Å². The van der Waals surface area contributed by atoms with Crippen molar-refractivity contribution in [2.75, 3.05) is 0 Å². The van der Waals surface area contributed by atoms with Gasteiger partial charge >= 0.3 is 0 Å². The van der Waals surface area contributed by atoms with Crippen molar-refractivity contribution >= 4 is 17.5 Å². The minimum atomic E-state index is 0.0314. The zero-order valence-electron chi connectivity index (χ0n) is 11.6. The summed E-state index contributed by atoms with van der Waals surface area (Å²) in [6.45, 7) is 12.3. The van der Waals surface area contributed by atoms with Crippen LogP contribution in [-0.2, 0) is 10.2 Å². The molecule has 2 heteroatoms. The minimum Gasteiger partial charge on any atom is -0.299 e. The van der Waals surface area contributed by atoms with Crippen LogP contribution >= 0.6 is 11.8 Å². The number of ketones is 1. The molecular formula is C15H22OS. The third-order valence-corrected chi connectivity index (χ3v) is 4.31. The maximum absolute atomic E-state index is 11.3. The molecule has 1 nitrogen and oxygen atoms in total. The van der Waals surface area contributed by atoms with E-state index in [1.54, 1.807) is 18.7 Å². The van der Waals surface area contributed by atoms with E-state index in [1.165, 1.54) is 16.0 Å². The lowest BCUT2D eigenvalue weighted by atomic mass is 9.87. The molecule has 1 aromatic carbocycles. The molecule has 1 atom stereocenters. The van der Waals surface area contributed by atoms with E-state index in [2.05, 4.69) is 45.9 Å². The van der Waals surface area contributed by atoms with Crippen LogP contribution in [0.1, 0.15) is 45.7 Å². The van der Waals surface area contributed by atoms with Gasteiger partial charge in [-0.25, -0.2) is 0 Å². The molecule has 0 saturated heterocycles. The molecule has 1 rings (SSSR count). The first-order valence-corrected chi connectivity index (χ1v) is 6.88. The molecule has 0 saturated carbocycles. The molecule has 0 spiro atoms. The Kier molecular flexibility index (Phi) is 4.42. The van der Waals surface area contributed by atoms with Gasteiger partial charge < -0.3 is 0 Å². The number of thioether (sulfide) groups is 1. The van der Waals surface area contributed by atoms with Crippen molar-refractivity contribution < 1.29 is 4.79 Å². The van der Waals surface area contributed by atoms with Crippen molar-refractivity contribution in [1.82, 2.24) is 0 Å². The van der Waals surface area contributed by atoms with Crippen LogP contribution in [0.3, 0.4) is 0 Å². The molecule has 0 aromatic heterocycles. The third kappa shape index (κ3) is 3.88. The Morgan fingerprint density at radius 3 is 2.35 bits per heavy atom. The number of carbonyl (C=O) groups excluding carboxylic acids is 1. The molecule has 0 amide bonds. The van der Waals surface area contributed by atoms with Gasteiger partial charge in [0, 0.05) is 4.90 Å². The summed E-state index contributed by atoms with van der Waals surface area (Å²) in [7, 11) is 0. The lowest BCUT2D eigenvalue weighted by Crippen LogP contribution is -2.12. The molecule has 0 aliphatic carbocycles. The minimum absolute atomic E-state index is 0.0314. The summed E-state index contributed by atoms with van der Waals surface area (Å²) >= 11 is 1.66. The molecule has 0 aliphatic rings. The van der Waals surface area contributed by atoms with Crippen LogP contribution in [0.25, 0.3) is 0 Å². The van der Waals surface area contributed by atoms with Gasteiger partial charge in [0.05, 0.1) is 5.25 Å². The summed E-state index contributed by atoms with van der Waals surface area (Å²) in [6.07, 6.45) is 0. The van der Waals surface area contributed by atoms with E-state index >= 15 is 0 Å². The Bertz CT molecular complexity index is 415. The van der Waals surface area contributed by atoms with Crippen molar-refractivity contribution in [3.8, 4) is 0 Å². The number of rotatable bonds is 3. The van der Waals surface area contributed by atoms with E-state index in [4.69, 9.17) is 0 Å². The second-order valence-electron chi connectivity index (χ2n) is 5.60. The first-order chi connectivity index (χ1) is 7.71. The summed E-state index contributed by atoms with van der Waals surface area (Å²) in [5.74, 6) is 0.232. The van der Waals surface area contributed by atoms with Crippen molar-refractivity contribution in [2.45, 2.75) is 57.1 Å². The average molecular weight is 250 g/mol. The van der Waals surface area contributed by atoms with Crippen LogP contribution in [0.2, 0.25) is 0 Å². The predicted molar refractivity (Wildman–Crippen MR) is 75.9 cm³/mol. The van der Waals surface area contributed by atoms with Crippen molar-refractivity contribution in [2.24, 2.45) is 0 Å². The lowest BCUT2D eigenvalue weighted by Gasteiger charge is -2.21. The normalized spacial score (nSPS) is 13.5. The number of Topliss-reactive ketones (excluding diaryl/α,β-unsaturated/α-hetero) is 1. The third-order valence-electron chi connectivity index (χ3n) is 2.93. The van der Waals surface area contributed by atoms with E-state index < -0.39 is 0 Å². The Morgan fingerprint density at radius 2 is 1.88 bits per heavy atom. The molecule has 17 heavy (non-hydrogen) atoms. The fourth-order valence-electron chi connectivity index (χ4n) is 1.47. The highest BCUT2D eigenvalue weighted by atomic mass is 32.2. The SMILES string of the molecule is CC(=O)[C@H](C)Sc1cc(C(C)(C)C)ccc1C. The Hall–Kier alpha value is -0.760. The van der Waals surface area contributed by atoms with Crippen LogP contribution in [0.5, 0.6) is 0 Å². The van der Waals surface area contributed by atoms with Crippen LogP contribution in [0.4, 0.5) is 0 Å². The number of benzene rings is 1. The standard InChI is InChI=1S/C15H22OS/c1-10-7-8-13(15(4,5)6)9-14(10)17-12(3)11(2)16/h7-9,12H,1-6H3/t12-/m0/s1. The molecule has 0 aliphatic heterocycles. The first-order valence-electron chi connectivity index (χ1n) is 6.00. The topological polar surface area (TPSA) is 17.1 Å². The number of carbonyl (C=O) groups is 1. The quantitative estimate of drug-likeness (QED) is 0.741. The smallest absolute Gasteiger partial charge is 0.142 e. The summed E-state index contributed by atoms with van der Waals surface area (Å²) in [6, 6.07) is 6.55. The zero-order valence-corrected chi connectivity index (χ0v) is 12.4. The molecule has 0 N–H and O–H groups in total. The van der Waals surface area contributed by atoms with E-state index in [1.807, 2.05) is 6.92 Å². The largest absolute Gasteiger partial charge is 0.299 e. The summed E-state index contributed by atoms with van der Waals surface area (Å²) in [5.41, 5.74) is 2.72. The second-order valence-corrected chi connectivity index (χ2v) is 6.98. The fraction of sp³-hybridized carbons (Fsp3) is 0.533. The van der Waals surface area contributed by atoms with Gasteiger partial charge in [-0.15, -0.1) is 11.8 Å². The van der Waals surface area contributed by atoms with Gasteiger partial charge in [0.2, 0.25) is 0 Å². The Labute approximate surface area is 109 Å². The first kappa shape index (κ1) is 14.3. The zero-order chi connectivity index (χ0) is 13.2. The van der Waals surface area contributed by atoms with Crippen LogP contribution in [0, 0.1) is 6.92 Å². The van der Waals surface area contributed by atoms with Crippen LogP contribution < -0.4 is 0 Å². The van der Waals surface area contributed by atoms with Gasteiger partial charge in [0.15, 0.2) is 0 Å². The summed E-state index contributed by atoms with van der Waals surface area (Å²) < 4.78 is 0. The van der Waals surface area contributed by atoms with E-state index in [9.17, 15) is 4.79 Å². The number of aryl methyl sites for hydroxylation is 1. The number of hydrogen-bond donors (Lipinski definition) is 0. The van der Waals surface area contributed by atoms with Crippen molar-refractivity contribution in [1.29, 1.82) is 0 Å². The van der Waals surface area contributed by atoms with Gasteiger partial charge in [0.25, 0.3) is 0 Å². The number of hydrogen-bond acceptors (Lipinski definition) is 2. The average Bonchev–Trinajstić information content (AvgIpc) is 2.19. The van der Waals surface area contributed by atoms with Gasteiger partial charge in [-0.05, 0) is 43.4 Å². The molecule has 94 valence electrons. The maximum Gasteiger partial charge on any atom is 0.142 e. The maximum atomic E-state index is 11.3. The highest BCUT2D eigenvalue weighted by molar-refractivity contribution is 8.00. The van der Waals surface area contributed by atoms with Crippen molar-refractivity contribution in [3.63, 3.8) is 0 Å². The highest BCUT2D eigenvalue weighted by Crippen LogP contribution is 2.31. The molecule has 0 radical (unpaired) electrons. The monoisotopic (exact) mass is 250 g/mol. The van der Waals surface area contributed by atoms with Crippen LogP contribution in [0.15, 0.2) is 23.1 Å². The Morgan fingerprint density at radius 1 is 1.29 bits per heavy atom. The lowest BCUT2D eigenvalue weighted by molar-refractivity contribution is -0.116. The van der Waals surface area contributed by atoms with Gasteiger partial charge in [-0.3, -0.25) is 4.79 Å². The van der Waals surface area contributed by atoms with E-state index in [0.29, 0.717) is 0 Å². The summed E-state index contributed by atoms with van der Waals surface area (Å²) in [4.78, 5) is 12.5. The van der Waals surface area contributed by atoms with E-state index in [-0.39, 0.29) is 16.4 Å². The van der Waals surface area contributed by atoms with Crippen molar-refractivity contribution in [3.05, 3.63) is 29.3 Å². The molecule has 0 fully saturated rings. The highest BCUT2D eigenvalue weighted by Gasteiger charge is 2.16. The molecule has 0 heterocycles. The molecular weight excluding hydrogens is 228 g/mol. The predicted octanol–water partition coefficient (Wildman–Crippen LogP) is 4.36. The second kappa shape index (κ2) is 5.26. The van der Waals surface area contributed by atoms with Gasteiger partial charge in [-0.1, -0.05) is 32.9 Å². The molecule has 0 unspecified atom stereocenters.